The average Bonchev–Trinajstić information content (AvgIpc) is 2.39. The summed E-state index contributed by atoms with van der Waals surface area (Å²) in [6.07, 6.45) is 2.29. The first-order valence-electron chi connectivity index (χ1n) is 7.58. The highest BCUT2D eigenvalue weighted by Gasteiger charge is 2.53. The Labute approximate surface area is 149 Å². The van der Waals surface area contributed by atoms with Crippen LogP contribution in [-0.4, -0.2) is 45.2 Å². The van der Waals surface area contributed by atoms with Gasteiger partial charge in [0.25, 0.3) is 0 Å². The van der Waals surface area contributed by atoms with Crippen molar-refractivity contribution in [3.63, 3.8) is 0 Å². The van der Waals surface area contributed by atoms with Crippen LogP contribution in [0.2, 0.25) is 0 Å². The number of aliphatic carboxylic acids is 2. The number of carbonyl (C=O) groups excluding carboxylic acids is 1. The van der Waals surface area contributed by atoms with Gasteiger partial charge >= 0.3 is 18.0 Å². The van der Waals surface area contributed by atoms with E-state index in [0.29, 0.717) is 5.33 Å². The fourth-order valence-electron chi connectivity index (χ4n) is 2.76. The number of alkyl halides is 1. The molecule has 0 heterocycles. The minimum Gasteiger partial charge on any atom is -0.481 e. The van der Waals surface area contributed by atoms with Gasteiger partial charge in [0.05, 0.1) is 16.9 Å². The predicted octanol–water partition coefficient (Wildman–Crippen LogP) is 2.79. The lowest BCUT2D eigenvalue weighted by Gasteiger charge is -2.42. The smallest absolute Gasteiger partial charge is 0.408 e. The van der Waals surface area contributed by atoms with Gasteiger partial charge < -0.3 is 20.3 Å². The lowest BCUT2D eigenvalue weighted by atomic mass is 9.63. The summed E-state index contributed by atoms with van der Waals surface area (Å²) in [5.41, 5.74) is -3.47. The van der Waals surface area contributed by atoms with E-state index in [1.807, 2.05) is 0 Å². The first kappa shape index (κ1) is 20.5. The van der Waals surface area contributed by atoms with Crippen LogP contribution in [0.15, 0.2) is 12.2 Å². The van der Waals surface area contributed by atoms with Crippen molar-refractivity contribution in [1.29, 1.82) is 0 Å². The van der Waals surface area contributed by atoms with E-state index in [2.05, 4.69) is 21.2 Å². The molecule has 1 rings (SSSR count). The number of alkyl carbamates (subject to hydrolysis) is 1. The molecule has 0 radical (unpaired) electrons. The monoisotopic (exact) mass is 405 g/mol. The van der Waals surface area contributed by atoms with Gasteiger partial charge in [-0.25, -0.2) is 4.79 Å². The Morgan fingerprint density at radius 2 is 1.88 bits per heavy atom. The summed E-state index contributed by atoms with van der Waals surface area (Å²) in [5.74, 6) is -2.26. The molecular weight excluding hydrogens is 382 g/mol. The van der Waals surface area contributed by atoms with Crippen LogP contribution in [-0.2, 0) is 14.3 Å². The van der Waals surface area contributed by atoms with Crippen molar-refractivity contribution in [2.45, 2.75) is 52.2 Å². The summed E-state index contributed by atoms with van der Waals surface area (Å²) in [4.78, 5) is 35.5. The first-order chi connectivity index (χ1) is 10.9. The fraction of sp³-hybridized carbons (Fsp3) is 0.688. The minimum atomic E-state index is -1.47. The van der Waals surface area contributed by atoms with E-state index < -0.39 is 40.5 Å². The quantitative estimate of drug-likeness (QED) is 0.478. The van der Waals surface area contributed by atoms with Crippen LogP contribution >= 0.6 is 15.9 Å². The third-order valence-electron chi connectivity index (χ3n) is 4.10. The van der Waals surface area contributed by atoms with E-state index in [-0.39, 0.29) is 12.8 Å². The molecule has 0 aliphatic heterocycles. The van der Waals surface area contributed by atoms with Crippen LogP contribution in [0.25, 0.3) is 0 Å². The van der Waals surface area contributed by atoms with Crippen LogP contribution in [0.5, 0.6) is 0 Å². The van der Waals surface area contributed by atoms with Gasteiger partial charge in [-0.1, -0.05) is 28.1 Å². The van der Waals surface area contributed by atoms with Gasteiger partial charge in [0.2, 0.25) is 0 Å². The van der Waals surface area contributed by atoms with Crippen LogP contribution in [0.1, 0.15) is 40.5 Å². The summed E-state index contributed by atoms with van der Waals surface area (Å²) in [6.45, 7) is 6.54. The van der Waals surface area contributed by atoms with Crippen molar-refractivity contribution in [2.75, 3.05) is 5.33 Å². The van der Waals surface area contributed by atoms with Crippen LogP contribution < -0.4 is 5.32 Å². The van der Waals surface area contributed by atoms with Gasteiger partial charge in [-0.2, -0.15) is 0 Å². The second-order valence-corrected chi connectivity index (χ2v) is 8.08. The first-order valence-corrected chi connectivity index (χ1v) is 8.70. The van der Waals surface area contributed by atoms with Crippen molar-refractivity contribution in [2.24, 2.45) is 10.8 Å². The highest BCUT2D eigenvalue weighted by atomic mass is 79.9. The molecule has 136 valence electrons. The van der Waals surface area contributed by atoms with Crippen molar-refractivity contribution in [1.82, 2.24) is 5.32 Å². The number of halogens is 1. The van der Waals surface area contributed by atoms with Crippen LogP contribution in [0, 0.1) is 10.8 Å². The zero-order valence-corrected chi connectivity index (χ0v) is 15.8. The highest BCUT2D eigenvalue weighted by Crippen LogP contribution is 2.45. The number of carboxylic acid groups (broad SMARTS) is 2. The zero-order chi connectivity index (χ0) is 18.8. The Morgan fingerprint density at radius 1 is 1.29 bits per heavy atom. The summed E-state index contributed by atoms with van der Waals surface area (Å²) >= 11 is 3.22. The van der Waals surface area contributed by atoms with Gasteiger partial charge in [0.1, 0.15) is 5.60 Å². The SMILES string of the molecule is CC(C)(C)OC(=O)NC1C=CC(CCBr)(C(=O)O)CC1(C)C(=O)O. The van der Waals surface area contributed by atoms with Crippen molar-refractivity contribution in [3.05, 3.63) is 12.2 Å². The molecule has 3 N–H and O–H groups in total. The van der Waals surface area contributed by atoms with Crippen molar-refractivity contribution in [3.8, 4) is 0 Å². The second-order valence-electron chi connectivity index (χ2n) is 7.28. The third kappa shape index (κ3) is 4.49. The van der Waals surface area contributed by atoms with E-state index in [4.69, 9.17) is 4.74 Å². The van der Waals surface area contributed by atoms with Crippen molar-refractivity contribution < 1.29 is 29.3 Å². The molecule has 0 aromatic rings. The van der Waals surface area contributed by atoms with E-state index >= 15 is 0 Å². The van der Waals surface area contributed by atoms with Gasteiger partial charge in [0.15, 0.2) is 0 Å². The number of ether oxygens (including phenoxy) is 1. The minimum absolute atomic E-state index is 0.132. The molecule has 3 unspecified atom stereocenters. The fourth-order valence-corrected chi connectivity index (χ4v) is 3.47. The molecule has 0 aromatic carbocycles. The molecule has 1 amide bonds. The van der Waals surface area contributed by atoms with Gasteiger partial charge in [-0.3, -0.25) is 9.59 Å². The molecule has 0 aromatic heterocycles. The Hall–Kier alpha value is -1.57. The molecular formula is C16H24BrNO6. The van der Waals surface area contributed by atoms with E-state index in [9.17, 15) is 24.6 Å². The summed E-state index contributed by atoms with van der Waals surface area (Å²) in [7, 11) is 0. The molecule has 0 saturated heterocycles. The maximum atomic E-state index is 12.0. The average molecular weight is 406 g/mol. The Balaban J connectivity index is 3.14. The molecule has 0 spiro atoms. The molecule has 8 heteroatoms. The number of hydrogen-bond acceptors (Lipinski definition) is 4. The second kappa shape index (κ2) is 7.13. The zero-order valence-electron chi connectivity index (χ0n) is 14.3. The Morgan fingerprint density at radius 3 is 2.29 bits per heavy atom. The largest absolute Gasteiger partial charge is 0.481 e. The van der Waals surface area contributed by atoms with Crippen LogP contribution in [0.4, 0.5) is 4.79 Å². The standard InChI is InChI=1S/C16H24BrNO6/c1-14(2,3)24-13(23)18-10-5-6-16(7-8-17,12(21)22)9-15(10,4)11(19)20/h5-6,10H,7-9H2,1-4H3,(H,18,23)(H,19,20)(H,21,22). The molecule has 0 saturated carbocycles. The van der Waals surface area contributed by atoms with Gasteiger partial charge in [-0.15, -0.1) is 0 Å². The normalized spacial score (nSPS) is 29.8. The number of carbonyl (C=O) groups is 3. The Kier molecular flexibility index (Phi) is 6.08. The lowest BCUT2D eigenvalue weighted by Crippen LogP contribution is -2.55. The molecule has 24 heavy (non-hydrogen) atoms. The van der Waals surface area contributed by atoms with Crippen LogP contribution in [0.3, 0.4) is 0 Å². The Bertz CT molecular complexity index is 555. The predicted molar refractivity (Wildman–Crippen MR) is 91.1 cm³/mol. The van der Waals surface area contributed by atoms with E-state index in [1.165, 1.54) is 19.1 Å². The lowest BCUT2D eigenvalue weighted by molar-refractivity contribution is -0.156. The number of carboxylic acids is 2. The highest BCUT2D eigenvalue weighted by molar-refractivity contribution is 9.09. The van der Waals surface area contributed by atoms with Gasteiger partial charge in [0, 0.05) is 5.33 Å². The number of amides is 1. The summed E-state index contributed by atoms with van der Waals surface area (Å²) in [5, 5.41) is 22.2. The number of hydrogen-bond donors (Lipinski definition) is 3. The van der Waals surface area contributed by atoms with Gasteiger partial charge in [-0.05, 0) is 40.5 Å². The molecule has 0 bridgehead atoms. The van der Waals surface area contributed by atoms with E-state index in [1.54, 1.807) is 20.8 Å². The van der Waals surface area contributed by atoms with E-state index in [0.717, 1.165) is 0 Å². The maximum Gasteiger partial charge on any atom is 0.408 e. The molecule has 7 nitrogen and oxygen atoms in total. The molecule has 1 aliphatic carbocycles. The van der Waals surface area contributed by atoms with Crippen molar-refractivity contribution >= 4 is 34.0 Å². The number of rotatable bonds is 5. The summed E-state index contributed by atoms with van der Waals surface area (Å²) in [6, 6.07) is -0.868. The number of nitrogens with one attached hydrogen (secondary N) is 1. The molecule has 1 aliphatic rings. The maximum absolute atomic E-state index is 12.0. The molecule has 3 atom stereocenters. The summed E-state index contributed by atoms with van der Waals surface area (Å²) < 4.78 is 5.16. The molecule has 0 fully saturated rings. The topological polar surface area (TPSA) is 113 Å². The third-order valence-corrected chi connectivity index (χ3v) is 4.50.